The van der Waals surface area contributed by atoms with Gasteiger partial charge in [0.1, 0.15) is 11.9 Å². The van der Waals surface area contributed by atoms with Gasteiger partial charge in [-0.15, -0.1) is 0 Å². The van der Waals surface area contributed by atoms with E-state index in [2.05, 4.69) is 5.32 Å². The van der Waals surface area contributed by atoms with E-state index in [0.717, 1.165) is 6.07 Å². The summed E-state index contributed by atoms with van der Waals surface area (Å²) in [4.78, 5) is 25.1. The summed E-state index contributed by atoms with van der Waals surface area (Å²) in [5.41, 5.74) is 6.31. The van der Waals surface area contributed by atoms with E-state index in [9.17, 15) is 19.2 Å². The third kappa shape index (κ3) is 3.90. The number of nitrogen functional groups attached to an aromatic ring is 1. The Hall–Kier alpha value is -3.83. The minimum absolute atomic E-state index is 0.0387. The smallest absolute Gasteiger partial charge is 0.357 e. The standard InChI is InChI=1S/C20H14ClFN4O3/c1-29-20(28)18-17(24)11(9-23)10-26(18)16-6-5-12(21)7-15(16)19(27)25-14-4-2-3-13(22)8-14/h2-8,10H,24H2,1H3,(H,25,27). The number of ether oxygens (including phenoxy) is 1. The first-order valence-corrected chi connectivity index (χ1v) is 8.59. The second-order valence-electron chi connectivity index (χ2n) is 5.90. The fourth-order valence-electron chi connectivity index (χ4n) is 2.77. The van der Waals surface area contributed by atoms with Gasteiger partial charge in [0, 0.05) is 16.9 Å². The van der Waals surface area contributed by atoms with Crippen LogP contribution in [0.2, 0.25) is 5.02 Å². The number of esters is 1. The third-order valence-electron chi connectivity index (χ3n) is 4.09. The first-order chi connectivity index (χ1) is 13.8. The van der Waals surface area contributed by atoms with Crippen LogP contribution in [0.3, 0.4) is 0 Å². The number of methoxy groups -OCH3 is 1. The summed E-state index contributed by atoms with van der Waals surface area (Å²) in [6.45, 7) is 0. The van der Waals surface area contributed by atoms with Gasteiger partial charge in [0.15, 0.2) is 5.69 Å². The van der Waals surface area contributed by atoms with Crippen LogP contribution in [0.15, 0.2) is 48.7 Å². The van der Waals surface area contributed by atoms with Crippen molar-refractivity contribution in [3.05, 3.63) is 76.3 Å². The molecular weight excluding hydrogens is 399 g/mol. The lowest BCUT2D eigenvalue weighted by Crippen LogP contribution is -2.17. The Balaban J connectivity index is 2.14. The minimum Gasteiger partial charge on any atom is -0.464 e. The van der Waals surface area contributed by atoms with Crippen LogP contribution in [0, 0.1) is 17.1 Å². The maximum absolute atomic E-state index is 13.4. The summed E-state index contributed by atoms with van der Waals surface area (Å²) >= 11 is 6.05. The molecule has 3 rings (SSSR count). The van der Waals surface area contributed by atoms with Crippen LogP contribution in [0.4, 0.5) is 15.8 Å². The minimum atomic E-state index is -0.782. The van der Waals surface area contributed by atoms with E-state index in [0.29, 0.717) is 0 Å². The molecule has 3 aromatic rings. The van der Waals surface area contributed by atoms with E-state index in [-0.39, 0.29) is 38.9 Å². The lowest BCUT2D eigenvalue weighted by Gasteiger charge is -2.14. The number of nitrogens with two attached hydrogens (primary N) is 1. The van der Waals surface area contributed by atoms with Crippen LogP contribution in [-0.4, -0.2) is 23.6 Å². The summed E-state index contributed by atoms with van der Waals surface area (Å²) in [5, 5.41) is 12.1. The molecule has 0 aliphatic carbocycles. The van der Waals surface area contributed by atoms with Crippen LogP contribution in [-0.2, 0) is 4.74 Å². The molecule has 0 spiro atoms. The Bertz CT molecular complexity index is 1170. The normalized spacial score (nSPS) is 10.3. The lowest BCUT2D eigenvalue weighted by molar-refractivity contribution is 0.0592. The second kappa shape index (κ2) is 8.04. The van der Waals surface area contributed by atoms with Crippen LogP contribution >= 0.6 is 11.6 Å². The highest BCUT2D eigenvalue weighted by atomic mass is 35.5. The average molecular weight is 413 g/mol. The monoisotopic (exact) mass is 412 g/mol. The molecule has 3 N–H and O–H groups in total. The van der Waals surface area contributed by atoms with Gasteiger partial charge in [0.05, 0.1) is 29.6 Å². The molecule has 0 unspecified atom stereocenters. The Labute approximate surface area is 170 Å². The molecule has 7 nitrogen and oxygen atoms in total. The number of amides is 1. The number of nitriles is 1. The first kappa shape index (κ1) is 19.9. The zero-order valence-electron chi connectivity index (χ0n) is 15.1. The van der Waals surface area contributed by atoms with Crippen molar-refractivity contribution in [2.75, 3.05) is 18.2 Å². The average Bonchev–Trinajstić information content (AvgIpc) is 3.03. The van der Waals surface area contributed by atoms with Crippen molar-refractivity contribution in [1.82, 2.24) is 4.57 Å². The zero-order valence-corrected chi connectivity index (χ0v) is 15.8. The van der Waals surface area contributed by atoms with Crippen LogP contribution < -0.4 is 11.1 Å². The van der Waals surface area contributed by atoms with E-state index >= 15 is 0 Å². The molecule has 2 aromatic carbocycles. The molecule has 1 amide bonds. The maximum atomic E-state index is 13.4. The fourth-order valence-corrected chi connectivity index (χ4v) is 2.94. The summed E-state index contributed by atoms with van der Waals surface area (Å²) < 4.78 is 19.5. The highest BCUT2D eigenvalue weighted by Gasteiger charge is 2.24. The van der Waals surface area contributed by atoms with Crippen molar-refractivity contribution in [2.45, 2.75) is 0 Å². The Morgan fingerprint density at radius 3 is 2.69 bits per heavy atom. The predicted octanol–water partition coefficient (Wildman–Crippen LogP) is 3.76. The van der Waals surface area contributed by atoms with Gasteiger partial charge in [-0.1, -0.05) is 17.7 Å². The highest BCUT2D eigenvalue weighted by Crippen LogP contribution is 2.28. The summed E-state index contributed by atoms with van der Waals surface area (Å²) in [6.07, 6.45) is 1.32. The van der Waals surface area contributed by atoms with E-state index < -0.39 is 17.7 Å². The second-order valence-corrected chi connectivity index (χ2v) is 6.34. The Kier molecular flexibility index (Phi) is 5.52. The maximum Gasteiger partial charge on any atom is 0.357 e. The lowest BCUT2D eigenvalue weighted by atomic mass is 10.1. The highest BCUT2D eigenvalue weighted by molar-refractivity contribution is 6.31. The first-order valence-electron chi connectivity index (χ1n) is 8.21. The number of halogens is 2. The van der Waals surface area contributed by atoms with Crippen LogP contribution in [0.25, 0.3) is 5.69 Å². The molecule has 0 saturated carbocycles. The van der Waals surface area contributed by atoms with Gasteiger partial charge in [-0.25, -0.2) is 9.18 Å². The molecule has 9 heteroatoms. The number of aromatic nitrogens is 1. The van der Waals surface area contributed by atoms with Crippen LogP contribution in [0.5, 0.6) is 0 Å². The summed E-state index contributed by atoms with van der Waals surface area (Å²) in [6, 6.07) is 11.7. The Morgan fingerprint density at radius 1 is 1.28 bits per heavy atom. The SMILES string of the molecule is COC(=O)c1c(N)c(C#N)cn1-c1ccc(Cl)cc1C(=O)Nc1cccc(F)c1. The number of anilines is 2. The number of hydrogen-bond donors (Lipinski definition) is 2. The molecule has 1 heterocycles. The number of carbonyl (C=O) groups excluding carboxylic acids is 2. The molecule has 1 aromatic heterocycles. The van der Waals surface area contributed by atoms with Gasteiger partial charge in [0.25, 0.3) is 5.91 Å². The van der Waals surface area contributed by atoms with E-state index in [1.165, 1.54) is 54.3 Å². The molecule has 0 atom stereocenters. The molecule has 0 aliphatic rings. The Morgan fingerprint density at radius 2 is 2.03 bits per heavy atom. The number of nitrogens with zero attached hydrogens (tertiary/aromatic N) is 2. The van der Waals surface area contributed by atoms with E-state index in [1.54, 1.807) is 0 Å². The molecule has 0 fully saturated rings. The van der Waals surface area contributed by atoms with Gasteiger partial charge < -0.3 is 20.4 Å². The van der Waals surface area contributed by atoms with Crippen LogP contribution in [0.1, 0.15) is 26.4 Å². The van der Waals surface area contributed by atoms with Crippen molar-refractivity contribution in [3.63, 3.8) is 0 Å². The van der Waals surface area contributed by atoms with E-state index in [1.807, 2.05) is 6.07 Å². The van der Waals surface area contributed by atoms with Gasteiger partial charge in [-0.05, 0) is 36.4 Å². The summed E-state index contributed by atoms with van der Waals surface area (Å²) in [5.74, 6) is -1.90. The zero-order chi connectivity index (χ0) is 21.1. The largest absolute Gasteiger partial charge is 0.464 e. The summed E-state index contributed by atoms with van der Waals surface area (Å²) in [7, 11) is 1.17. The van der Waals surface area contributed by atoms with Gasteiger partial charge >= 0.3 is 5.97 Å². The molecule has 146 valence electrons. The van der Waals surface area contributed by atoms with Crippen molar-refractivity contribution in [2.24, 2.45) is 0 Å². The molecule has 0 saturated heterocycles. The quantitative estimate of drug-likeness (QED) is 0.634. The van der Waals surface area contributed by atoms with Crippen molar-refractivity contribution in [3.8, 4) is 11.8 Å². The molecule has 0 bridgehead atoms. The molecule has 0 aliphatic heterocycles. The molecule has 29 heavy (non-hydrogen) atoms. The number of carbonyl (C=O) groups is 2. The van der Waals surface area contributed by atoms with E-state index in [4.69, 9.17) is 22.1 Å². The topological polar surface area (TPSA) is 110 Å². The number of nitrogens with one attached hydrogen (secondary N) is 1. The number of rotatable bonds is 4. The molecule has 0 radical (unpaired) electrons. The third-order valence-corrected chi connectivity index (χ3v) is 4.32. The number of benzene rings is 2. The van der Waals surface area contributed by atoms with Crippen molar-refractivity contribution in [1.29, 1.82) is 5.26 Å². The fraction of sp³-hybridized carbons (Fsp3) is 0.0500. The van der Waals surface area contributed by atoms with Crippen molar-refractivity contribution < 1.29 is 18.7 Å². The van der Waals surface area contributed by atoms with Gasteiger partial charge in [0.2, 0.25) is 0 Å². The number of hydrogen-bond acceptors (Lipinski definition) is 5. The van der Waals surface area contributed by atoms with Crippen molar-refractivity contribution >= 4 is 34.9 Å². The van der Waals surface area contributed by atoms with Gasteiger partial charge in [-0.3, -0.25) is 4.79 Å². The van der Waals surface area contributed by atoms with Gasteiger partial charge in [-0.2, -0.15) is 5.26 Å². The molecular formula is C20H14ClFN4O3. The predicted molar refractivity (Wildman–Crippen MR) is 106 cm³/mol.